The Morgan fingerprint density at radius 2 is 1.86 bits per heavy atom. The van der Waals surface area contributed by atoms with Crippen LogP contribution < -0.4 is 10.6 Å². The molecular weight excluding hydrogens is 394 g/mol. The lowest BCUT2D eigenvalue weighted by Crippen LogP contribution is -2.46. The summed E-state index contributed by atoms with van der Waals surface area (Å²) in [5.74, 6) is 0.779. The zero-order chi connectivity index (χ0) is 20.2. The van der Waals surface area contributed by atoms with Crippen molar-refractivity contribution in [3.8, 4) is 11.3 Å². The van der Waals surface area contributed by atoms with E-state index < -0.39 is 9.84 Å². The van der Waals surface area contributed by atoms with Crippen molar-refractivity contribution in [2.75, 3.05) is 30.1 Å². The molecule has 10 nitrogen and oxygen atoms in total. The molecule has 2 N–H and O–H groups in total. The molecule has 0 aliphatic carbocycles. The number of ether oxygens (including phenoxy) is 1. The second-order valence-corrected chi connectivity index (χ2v) is 9.74. The molecule has 0 spiro atoms. The minimum Gasteiger partial charge on any atom is -0.377 e. The summed E-state index contributed by atoms with van der Waals surface area (Å²) in [7, 11) is -3.24. The molecule has 0 aromatic carbocycles. The summed E-state index contributed by atoms with van der Waals surface area (Å²) >= 11 is 0. The van der Waals surface area contributed by atoms with Gasteiger partial charge in [0.05, 0.1) is 42.8 Å². The first-order valence-corrected chi connectivity index (χ1v) is 11.4. The lowest BCUT2D eigenvalue weighted by molar-refractivity contribution is 0.0904. The van der Waals surface area contributed by atoms with Gasteiger partial charge < -0.3 is 19.9 Å². The SMILES string of the molecule is CS(=O)(=O)Cn1cnc2c(N3C4CCC3COC4)nc(-c3cnc(N)nc3)cc21. The molecule has 5 rings (SSSR count). The number of hydrogen-bond acceptors (Lipinski definition) is 9. The van der Waals surface area contributed by atoms with Crippen LogP contribution in [0.3, 0.4) is 0 Å². The first-order valence-electron chi connectivity index (χ1n) is 9.36. The van der Waals surface area contributed by atoms with Gasteiger partial charge in [0, 0.05) is 24.2 Å². The van der Waals surface area contributed by atoms with Gasteiger partial charge in [-0.1, -0.05) is 0 Å². The van der Waals surface area contributed by atoms with E-state index in [2.05, 4.69) is 19.9 Å². The number of nitrogen functional groups attached to an aromatic ring is 1. The number of pyridine rings is 1. The average Bonchev–Trinajstić information content (AvgIpc) is 3.17. The molecule has 5 heterocycles. The standard InChI is InChI=1S/C18H21N7O3S/c1-29(26,27)10-24-9-22-16-15(24)4-14(11-5-20-18(19)21-6-11)23-17(16)25-12-2-3-13(25)8-28-7-12/h4-6,9,12-13H,2-3,7-8,10H2,1H3,(H2,19,20,21). The van der Waals surface area contributed by atoms with E-state index in [0.717, 1.165) is 18.7 Å². The van der Waals surface area contributed by atoms with Gasteiger partial charge in [0.15, 0.2) is 15.7 Å². The van der Waals surface area contributed by atoms with Gasteiger partial charge in [-0.25, -0.2) is 28.4 Å². The molecule has 2 saturated heterocycles. The van der Waals surface area contributed by atoms with Gasteiger partial charge in [0.25, 0.3) is 0 Å². The van der Waals surface area contributed by atoms with Crippen LogP contribution in [0.25, 0.3) is 22.3 Å². The largest absolute Gasteiger partial charge is 0.377 e. The summed E-state index contributed by atoms with van der Waals surface area (Å²) in [6, 6.07) is 2.30. The van der Waals surface area contributed by atoms with Crippen molar-refractivity contribution in [3.05, 3.63) is 24.8 Å². The number of rotatable bonds is 4. The number of hydrogen-bond donors (Lipinski definition) is 1. The molecule has 2 aliphatic rings. The van der Waals surface area contributed by atoms with Gasteiger partial charge in [0.1, 0.15) is 11.4 Å². The second-order valence-electron chi connectivity index (χ2n) is 7.63. The molecule has 2 atom stereocenters. The van der Waals surface area contributed by atoms with E-state index in [1.54, 1.807) is 23.3 Å². The number of fused-ring (bicyclic) bond motifs is 3. The molecular formula is C18H21N7O3S. The van der Waals surface area contributed by atoms with Crippen molar-refractivity contribution in [3.63, 3.8) is 0 Å². The topological polar surface area (TPSA) is 129 Å². The molecule has 2 unspecified atom stereocenters. The number of nitrogens with two attached hydrogens (primary N) is 1. The van der Waals surface area contributed by atoms with Crippen LogP contribution in [0.5, 0.6) is 0 Å². The van der Waals surface area contributed by atoms with Gasteiger partial charge in [0.2, 0.25) is 5.95 Å². The second kappa shape index (κ2) is 6.63. The van der Waals surface area contributed by atoms with Crippen LogP contribution in [0.2, 0.25) is 0 Å². The Morgan fingerprint density at radius 1 is 1.17 bits per heavy atom. The molecule has 3 aromatic heterocycles. The van der Waals surface area contributed by atoms with E-state index in [-0.39, 0.29) is 23.9 Å². The first kappa shape index (κ1) is 18.3. The Balaban J connectivity index is 1.71. The smallest absolute Gasteiger partial charge is 0.219 e. The Kier molecular flexibility index (Phi) is 4.17. The Labute approximate surface area is 167 Å². The summed E-state index contributed by atoms with van der Waals surface area (Å²) in [5.41, 5.74) is 8.36. The number of anilines is 2. The summed E-state index contributed by atoms with van der Waals surface area (Å²) in [5, 5.41) is 0. The number of sulfone groups is 1. The average molecular weight is 415 g/mol. The fraction of sp³-hybridized carbons (Fsp3) is 0.444. The first-order chi connectivity index (χ1) is 13.9. The molecule has 2 bridgehead atoms. The molecule has 2 fully saturated rings. The van der Waals surface area contributed by atoms with Gasteiger partial charge in [-0.05, 0) is 18.9 Å². The van der Waals surface area contributed by atoms with Crippen LogP contribution in [0.15, 0.2) is 24.8 Å². The van der Waals surface area contributed by atoms with Crippen molar-refractivity contribution in [2.24, 2.45) is 0 Å². The van der Waals surface area contributed by atoms with E-state index >= 15 is 0 Å². The third-order valence-electron chi connectivity index (χ3n) is 5.42. The zero-order valence-corrected chi connectivity index (χ0v) is 16.7. The number of nitrogens with zero attached hydrogens (tertiary/aromatic N) is 6. The van der Waals surface area contributed by atoms with E-state index in [0.29, 0.717) is 35.5 Å². The number of aromatic nitrogens is 5. The van der Waals surface area contributed by atoms with Gasteiger partial charge in [-0.15, -0.1) is 0 Å². The van der Waals surface area contributed by atoms with E-state index in [1.165, 1.54) is 6.26 Å². The van der Waals surface area contributed by atoms with Gasteiger partial charge >= 0.3 is 0 Å². The number of morpholine rings is 1. The Hall–Kier alpha value is -2.79. The highest BCUT2D eigenvalue weighted by Gasteiger charge is 2.39. The van der Waals surface area contributed by atoms with Crippen molar-refractivity contribution in [1.82, 2.24) is 24.5 Å². The maximum atomic E-state index is 11.9. The molecule has 11 heteroatoms. The lowest BCUT2D eigenvalue weighted by Gasteiger charge is -2.35. The highest BCUT2D eigenvalue weighted by Crippen LogP contribution is 2.37. The summed E-state index contributed by atoms with van der Waals surface area (Å²) < 4.78 is 31.2. The molecule has 29 heavy (non-hydrogen) atoms. The maximum absolute atomic E-state index is 11.9. The fourth-order valence-corrected chi connectivity index (χ4v) is 4.88. The van der Waals surface area contributed by atoms with Crippen molar-refractivity contribution >= 4 is 32.6 Å². The molecule has 152 valence electrons. The van der Waals surface area contributed by atoms with E-state index in [4.69, 9.17) is 15.5 Å². The summed E-state index contributed by atoms with van der Waals surface area (Å²) in [6.07, 6.45) is 8.07. The maximum Gasteiger partial charge on any atom is 0.219 e. The zero-order valence-electron chi connectivity index (χ0n) is 15.9. The van der Waals surface area contributed by atoms with Crippen molar-refractivity contribution in [1.29, 1.82) is 0 Å². The third kappa shape index (κ3) is 3.29. The van der Waals surface area contributed by atoms with Crippen LogP contribution in [0, 0.1) is 0 Å². The molecule has 0 amide bonds. The predicted molar refractivity (Wildman–Crippen MR) is 108 cm³/mol. The highest BCUT2D eigenvalue weighted by atomic mass is 32.2. The molecule has 0 radical (unpaired) electrons. The van der Waals surface area contributed by atoms with E-state index in [9.17, 15) is 8.42 Å². The van der Waals surface area contributed by atoms with Gasteiger partial charge in [-0.3, -0.25) is 0 Å². The fourth-order valence-electron chi connectivity index (χ4n) is 4.17. The van der Waals surface area contributed by atoms with Crippen LogP contribution in [0.1, 0.15) is 12.8 Å². The normalized spacial score (nSPS) is 21.8. The monoisotopic (exact) mass is 415 g/mol. The van der Waals surface area contributed by atoms with E-state index in [1.807, 2.05) is 6.07 Å². The summed E-state index contributed by atoms with van der Waals surface area (Å²) in [4.78, 5) is 19.8. The molecule has 0 saturated carbocycles. The predicted octanol–water partition coefficient (Wildman–Crippen LogP) is 0.840. The quantitative estimate of drug-likeness (QED) is 0.659. The minimum atomic E-state index is -3.24. The minimum absolute atomic E-state index is 0.152. The van der Waals surface area contributed by atoms with Crippen LogP contribution in [0.4, 0.5) is 11.8 Å². The van der Waals surface area contributed by atoms with Gasteiger partial charge in [-0.2, -0.15) is 0 Å². The Morgan fingerprint density at radius 3 is 2.52 bits per heavy atom. The lowest BCUT2D eigenvalue weighted by atomic mass is 10.2. The highest BCUT2D eigenvalue weighted by molar-refractivity contribution is 7.89. The van der Waals surface area contributed by atoms with Crippen LogP contribution in [-0.4, -0.2) is 64.5 Å². The van der Waals surface area contributed by atoms with Crippen LogP contribution >= 0.6 is 0 Å². The van der Waals surface area contributed by atoms with Crippen molar-refractivity contribution in [2.45, 2.75) is 30.8 Å². The Bertz CT molecular complexity index is 1160. The molecule has 3 aromatic rings. The number of imidazole rings is 1. The molecule has 2 aliphatic heterocycles. The third-order valence-corrected chi connectivity index (χ3v) is 6.16. The van der Waals surface area contributed by atoms with Crippen LogP contribution in [-0.2, 0) is 20.5 Å². The van der Waals surface area contributed by atoms with Crippen molar-refractivity contribution < 1.29 is 13.2 Å². The summed E-state index contributed by atoms with van der Waals surface area (Å²) in [6.45, 7) is 1.30.